The van der Waals surface area contributed by atoms with Gasteiger partial charge < -0.3 is 4.74 Å². The highest BCUT2D eigenvalue weighted by molar-refractivity contribution is 7.89. The predicted molar refractivity (Wildman–Crippen MR) is 72.4 cm³/mol. The Labute approximate surface area is 114 Å². The van der Waals surface area contributed by atoms with Crippen molar-refractivity contribution in [2.45, 2.75) is 25.7 Å². The number of benzene rings is 1. The largest absolute Gasteiger partial charge is 0.462 e. The molecule has 1 aromatic rings. The highest BCUT2D eigenvalue weighted by atomic mass is 32.2. The van der Waals surface area contributed by atoms with Crippen LogP contribution in [-0.2, 0) is 14.8 Å². The van der Waals surface area contributed by atoms with E-state index in [4.69, 9.17) is 4.74 Å². The normalized spacial score (nSPS) is 11.6. The van der Waals surface area contributed by atoms with Crippen LogP contribution in [0, 0.1) is 5.92 Å². The van der Waals surface area contributed by atoms with Crippen LogP contribution in [0.1, 0.15) is 31.1 Å². The van der Waals surface area contributed by atoms with Crippen molar-refractivity contribution in [2.24, 2.45) is 5.92 Å². The van der Waals surface area contributed by atoms with Crippen LogP contribution in [-0.4, -0.2) is 27.5 Å². The van der Waals surface area contributed by atoms with E-state index in [0.717, 1.165) is 0 Å². The fourth-order valence-electron chi connectivity index (χ4n) is 1.34. The van der Waals surface area contributed by atoms with E-state index in [-0.39, 0.29) is 17.4 Å². The molecule has 1 N–H and O–H groups in total. The fourth-order valence-corrected chi connectivity index (χ4v) is 2.56. The van der Waals surface area contributed by atoms with Crippen LogP contribution in [0.4, 0.5) is 0 Å². The molecule has 6 heteroatoms. The number of esters is 1. The van der Waals surface area contributed by atoms with E-state index < -0.39 is 16.0 Å². The number of sulfonamides is 1. The molecule has 0 fully saturated rings. The van der Waals surface area contributed by atoms with Crippen LogP contribution >= 0.6 is 0 Å². The van der Waals surface area contributed by atoms with Gasteiger partial charge in [0.15, 0.2) is 0 Å². The zero-order valence-corrected chi connectivity index (χ0v) is 12.2. The van der Waals surface area contributed by atoms with E-state index in [2.05, 4.69) is 4.72 Å². The lowest BCUT2D eigenvalue weighted by atomic mass is 10.2. The molecule has 0 heterocycles. The summed E-state index contributed by atoms with van der Waals surface area (Å²) in [4.78, 5) is 11.6. The van der Waals surface area contributed by atoms with Gasteiger partial charge in [-0.25, -0.2) is 17.9 Å². The quantitative estimate of drug-likeness (QED) is 0.809. The third-order valence-electron chi connectivity index (χ3n) is 2.36. The van der Waals surface area contributed by atoms with Gasteiger partial charge in [-0.15, -0.1) is 0 Å². The van der Waals surface area contributed by atoms with Gasteiger partial charge in [0.2, 0.25) is 10.0 Å². The SMILES string of the molecule is CCOC(=O)c1ccc(S(=O)(=O)NCC(C)C)cc1. The molecule has 5 nitrogen and oxygen atoms in total. The molecule has 0 aromatic heterocycles. The van der Waals surface area contributed by atoms with Crippen LogP contribution in [0.5, 0.6) is 0 Å². The molecular weight excluding hydrogens is 266 g/mol. The van der Waals surface area contributed by atoms with Gasteiger partial charge >= 0.3 is 5.97 Å². The molecule has 19 heavy (non-hydrogen) atoms. The maximum atomic E-state index is 11.9. The summed E-state index contributed by atoms with van der Waals surface area (Å²) in [6.07, 6.45) is 0. The molecule has 106 valence electrons. The van der Waals surface area contributed by atoms with Gasteiger partial charge in [-0.3, -0.25) is 0 Å². The minimum atomic E-state index is -3.51. The lowest BCUT2D eigenvalue weighted by Gasteiger charge is -2.09. The van der Waals surface area contributed by atoms with Crippen molar-refractivity contribution in [3.8, 4) is 0 Å². The molecule has 1 rings (SSSR count). The number of nitrogens with one attached hydrogen (secondary N) is 1. The van der Waals surface area contributed by atoms with Crippen molar-refractivity contribution in [3.63, 3.8) is 0 Å². The third-order valence-corrected chi connectivity index (χ3v) is 3.80. The summed E-state index contributed by atoms with van der Waals surface area (Å²) >= 11 is 0. The first-order valence-corrected chi connectivity index (χ1v) is 7.62. The maximum Gasteiger partial charge on any atom is 0.338 e. The average molecular weight is 285 g/mol. The summed E-state index contributed by atoms with van der Waals surface area (Å²) in [6.45, 7) is 6.22. The van der Waals surface area contributed by atoms with Gasteiger partial charge in [-0.1, -0.05) is 13.8 Å². The van der Waals surface area contributed by atoms with E-state index in [0.29, 0.717) is 12.1 Å². The number of ether oxygens (including phenoxy) is 1. The van der Waals surface area contributed by atoms with Crippen molar-refractivity contribution >= 4 is 16.0 Å². The van der Waals surface area contributed by atoms with Crippen molar-refractivity contribution in [1.82, 2.24) is 4.72 Å². The lowest BCUT2D eigenvalue weighted by molar-refractivity contribution is 0.0526. The van der Waals surface area contributed by atoms with Crippen molar-refractivity contribution in [1.29, 1.82) is 0 Å². The molecule has 0 amide bonds. The molecule has 0 aliphatic carbocycles. The molecular formula is C13H19NO4S. The Morgan fingerprint density at radius 1 is 1.26 bits per heavy atom. The number of carbonyl (C=O) groups is 1. The van der Waals surface area contributed by atoms with Crippen LogP contribution in [0.3, 0.4) is 0 Å². The highest BCUT2D eigenvalue weighted by Gasteiger charge is 2.15. The Hall–Kier alpha value is -1.40. The molecule has 1 aromatic carbocycles. The van der Waals surface area contributed by atoms with E-state index in [1.165, 1.54) is 24.3 Å². The maximum absolute atomic E-state index is 11.9. The minimum Gasteiger partial charge on any atom is -0.462 e. The number of hydrogen-bond acceptors (Lipinski definition) is 4. The van der Waals surface area contributed by atoms with Gasteiger partial charge in [0, 0.05) is 6.54 Å². The molecule has 0 unspecified atom stereocenters. The molecule has 0 aliphatic heterocycles. The summed E-state index contributed by atoms with van der Waals surface area (Å²) in [5.41, 5.74) is 0.338. The molecule has 0 aliphatic rings. The number of hydrogen-bond donors (Lipinski definition) is 1. The van der Waals surface area contributed by atoms with E-state index in [1.807, 2.05) is 13.8 Å². The first-order chi connectivity index (χ1) is 8.86. The first kappa shape index (κ1) is 15.7. The van der Waals surface area contributed by atoms with Gasteiger partial charge in [0.25, 0.3) is 0 Å². The second-order valence-corrected chi connectivity index (χ2v) is 6.26. The Bertz CT molecular complexity index is 520. The summed E-state index contributed by atoms with van der Waals surface area (Å²) in [7, 11) is -3.51. The third kappa shape index (κ3) is 4.65. The minimum absolute atomic E-state index is 0.140. The Morgan fingerprint density at radius 2 is 1.84 bits per heavy atom. The summed E-state index contributed by atoms with van der Waals surface area (Å²) in [5, 5.41) is 0. The lowest BCUT2D eigenvalue weighted by Crippen LogP contribution is -2.27. The Balaban J connectivity index is 2.83. The summed E-state index contributed by atoms with van der Waals surface area (Å²) in [6, 6.07) is 5.69. The van der Waals surface area contributed by atoms with Gasteiger partial charge in [-0.05, 0) is 37.1 Å². The van der Waals surface area contributed by atoms with Crippen LogP contribution < -0.4 is 4.72 Å². The van der Waals surface area contributed by atoms with E-state index in [1.54, 1.807) is 6.92 Å². The Morgan fingerprint density at radius 3 is 2.32 bits per heavy atom. The van der Waals surface area contributed by atoms with Crippen LogP contribution in [0.2, 0.25) is 0 Å². The van der Waals surface area contributed by atoms with Gasteiger partial charge in [0.05, 0.1) is 17.1 Å². The van der Waals surface area contributed by atoms with E-state index in [9.17, 15) is 13.2 Å². The van der Waals surface area contributed by atoms with Crippen molar-refractivity contribution in [3.05, 3.63) is 29.8 Å². The van der Waals surface area contributed by atoms with Crippen molar-refractivity contribution in [2.75, 3.05) is 13.2 Å². The van der Waals surface area contributed by atoms with Crippen LogP contribution in [0.15, 0.2) is 29.2 Å². The zero-order chi connectivity index (χ0) is 14.5. The fraction of sp³-hybridized carbons (Fsp3) is 0.462. The second kappa shape index (κ2) is 6.68. The molecule has 0 spiro atoms. The molecule has 0 radical (unpaired) electrons. The highest BCUT2D eigenvalue weighted by Crippen LogP contribution is 2.11. The topological polar surface area (TPSA) is 72.5 Å². The first-order valence-electron chi connectivity index (χ1n) is 6.13. The van der Waals surface area contributed by atoms with Crippen molar-refractivity contribution < 1.29 is 17.9 Å². The molecule has 0 atom stereocenters. The zero-order valence-electron chi connectivity index (χ0n) is 11.3. The van der Waals surface area contributed by atoms with Gasteiger partial charge in [-0.2, -0.15) is 0 Å². The summed E-state index contributed by atoms with van der Waals surface area (Å²) in [5.74, 6) is -0.227. The number of rotatable bonds is 6. The number of carbonyl (C=O) groups excluding carboxylic acids is 1. The standard InChI is InChI=1S/C13H19NO4S/c1-4-18-13(15)11-5-7-12(8-6-11)19(16,17)14-9-10(2)3/h5-8,10,14H,4,9H2,1-3H3. The van der Waals surface area contributed by atoms with Crippen LogP contribution in [0.25, 0.3) is 0 Å². The monoisotopic (exact) mass is 285 g/mol. The van der Waals surface area contributed by atoms with Gasteiger partial charge in [0.1, 0.15) is 0 Å². The average Bonchev–Trinajstić information content (AvgIpc) is 2.37. The second-order valence-electron chi connectivity index (χ2n) is 4.49. The molecule has 0 saturated heterocycles. The predicted octanol–water partition coefficient (Wildman–Crippen LogP) is 1.80. The smallest absolute Gasteiger partial charge is 0.338 e. The Kier molecular flexibility index (Phi) is 5.50. The summed E-state index contributed by atoms with van der Waals surface area (Å²) < 4.78 is 31.2. The molecule has 0 saturated carbocycles. The van der Waals surface area contributed by atoms with E-state index >= 15 is 0 Å². The molecule has 0 bridgehead atoms.